The molecule has 0 aliphatic heterocycles. The number of hydrogen-bond donors (Lipinski definition) is 3. The van der Waals surface area contributed by atoms with Gasteiger partial charge in [-0.05, 0) is 27.4 Å². The fourth-order valence-corrected chi connectivity index (χ4v) is 1.70. The molecule has 0 aliphatic carbocycles. The summed E-state index contributed by atoms with van der Waals surface area (Å²) in [5, 5.41) is 12.7. The molecule has 102 valence electrons. The van der Waals surface area contributed by atoms with E-state index in [-0.39, 0.29) is 12.5 Å². The molecule has 0 aromatic carbocycles. The van der Waals surface area contributed by atoms with Gasteiger partial charge < -0.3 is 21.1 Å². The Morgan fingerprint density at radius 3 is 2.59 bits per heavy atom. The fourth-order valence-electron chi connectivity index (χ4n) is 1.70. The third-order valence-electron chi connectivity index (χ3n) is 2.51. The number of hydrogen-bond acceptors (Lipinski definition) is 4. The largest absolute Gasteiger partial charge is 0.387 e. The average molecular weight is 245 g/mol. The second-order valence-electron chi connectivity index (χ2n) is 5.20. The molecule has 0 aromatic rings. The van der Waals surface area contributed by atoms with Gasteiger partial charge in [-0.3, -0.25) is 4.79 Å². The fraction of sp³-hybridized carbons (Fsp3) is 0.917. The smallest absolute Gasteiger partial charge is 0.237 e. The van der Waals surface area contributed by atoms with Gasteiger partial charge in [-0.25, -0.2) is 0 Å². The van der Waals surface area contributed by atoms with Crippen LogP contribution < -0.4 is 11.1 Å². The van der Waals surface area contributed by atoms with Gasteiger partial charge in [0, 0.05) is 13.1 Å². The zero-order valence-corrected chi connectivity index (χ0v) is 11.5. The van der Waals surface area contributed by atoms with Crippen LogP contribution in [0.1, 0.15) is 33.1 Å². The van der Waals surface area contributed by atoms with Gasteiger partial charge in [0.25, 0.3) is 0 Å². The van der Waals surface area contributed by atoms with Crippen molar-refractivity contribution < 1.29 is 9.90 Å². The first-order chi connectivity index (χ1) is 7.78. The molecule has 0 heterocycles. The third kappa shape index (κ3) is 8.12. The van der Waals surface area contributed by atoms with Crippen molar-refractivity contribution in [2.45, 2.75) is 44.8 Å². The number of aliphatic hydroxyl groups is 1. The number of nitrogens with one attached hydrogen (secondary N) is 1. The summed E-state index contributed by atoms with van der Waals surface area (Å²) >= 11 is 0. The lowest BCUT2D eigenvalue weighted by Crippen LogP contribution is -2.50. The summed E-state index contributed by atoms with van der Waals surface area (Å²) in [4.78, 5) is 13.5. The number of carbonyl (C=O) groups is 1. The average Bonchev–Trinajstić information content (AvgIpc) is 2.20. The van der Waals surface area contributed by atoms with Crippen LogP contribution in [0.2, 0.25) is 0 Å². The number of nitrogens with zero attached hydrogens (tertiary/aromatic N) is 1. The summed E-state index contributed by atoms with van der Waals surface area (Å²) in [7, 11) is 3.76. The highest BCUT2D eigenvalue weighted by Crippen LogP contribution is 2.03. The van der Waals surface area contributed by atoms with Crippen molar-refractivity contribution in [3.63, 3.8) is 0 Å². The molecule has 5 nitrogen and oxygen atoms in total. The summed E-state index contributed by atoms with van der Waals surface area (Å²) < 4.78 is 0. The van der Waals surface area contributed by atoms with E-state index in [1.165, 1.54) is 0 Å². The summed E-state index contributed by atoms with van der Waals surface area (Å²) in [5.74, 6) is -0.183. The lowest BCUT2D eigenvalue weighted by atomic mass is 10.1. The van der Waals surface area contributed by atoms with E-state index in [1.54, 1.807) is 6.92 Å². The van der Waals surface area contributed by atoms with Crippen LogP contribution in [0.25, 0.3) is 0 Å². The lowest BCUT2D eigenvalue weighted by Gasteiger charge is -2.27. The summed E-state index contributed by atoms with van der Waals surface area (Å²) in [6.45, 7) is 4.48. The van der Waals surface area contributed by atoms with E-state index in [2.05, 4.69) is 12.2 Å². The van der Waals surface area contributed by atoms with E-state index in [4.69, 9.17) is 5.73 Å². The van der Waals surface area contributed by atoms with Crippen LogP contribution in [-0.2, 0) is 4.79 Å². The van der Waals surface area contributed by atoms with Crippen LogP contribution in [0.3, 0.4) is 0 Å². The predicted molar refractivity (Wildman–Crippen MR) is 69.7 cm³/mol. The second kappa shape index (κ2) is 7.63. The van der Waals surface area contributed by atoms with E-state index in [0.717, 1.165) is 12.8 Å². The van der Waals surface area contributed by atoms with Crippen molar-refractivity contribution in [2.24, 2.45) is 5.73 Å². The van der Waals surface area contributed by atoms with E-state index < -0.39 is 11.6 Å². The molecule has 0 saturated heterocycles. The molecule has 5 heteroatoms. The highest BCUT2D eigenvalue weighted by atomic mass is 16.3. The molecule has 0 saturated carbocycles. The SMILES string of the molecule is CCCCC(N)C(=O)NCC(C)(O)CN(C)C. The number of carbonyl (C=O) groups excluding carboxylic acids is 1. The van der Waals surface area contributed by atoms with Crippen LogP contribution in [0.4, 0.5) is 0 Å². The summed E-state index contributed by atoms with van der Waals surface area (Å²) in [5.41, 5.74) is 4.80. The van der Waals surface area contributed by atoms with Gasteiger partial charge in [-0.2, -0.15) is 0 Å². The number of unbranched alkanes of at least 4 members (excludes halogenated alkanes) is 1. The first kappa shape index (κ1) is 16.4. The maximum atomic E-state index is 11.6. The summed E-state index contributed by atoms with van der Waals surface area (Å²) in [6, 6.07) is -0.467. The van der Waals surface area contributed by atoms with E-state index in [0.29, 0.717) is 13.0 Å². The van der Waals surface area contributed by atoms with Crippen molar-refractivity contribution in [3.05, 3.63) is 0 Å². The van der Waals surface area contributed by atoms with Crippen LogP contribution >= 0.6 is 0 Å². The van der Waals surface area contributed by atoms with Crippen molar-refractivity contribution in [3.8, 4) is 0 Å². The topological polar surface area (TPSA) is 78.6 Å². The van der Waals surface area contributed by atoms with Gasteiger partial charge in [0.2, 0.25) is 5.91 Å². The van der Waals surface area contributed by atoms with E-state index in [1.807, 2.05) is 19.0 Å². The van der Waals surface area contributed by atoms with Crippen molar-refractivity contribution in [1.82, 2.24) is 10.2 Å². The van der Waals surface area contributed by atoms with Crippen LogP contribution in [-0.4, -0.2) is 54.7 Å². The maximum absolute atomic E-state index is 11.6. The second-order valence-corrected chi connectivity index (χ2v) is 5.20. The number of likely N-dealkylation sites (N-methyl/N-ethyl adjacent to an activating group) is 1. The van der Waals surface area contributed by atoms with E-state index in [9.17, 15) is 9.90 Å². The molecule has 4 N–H and O–H groups in total. The molecule has 2 atom stereocenters. The Morgan fingerprint density at radius 2 is 2.12 bits per heavy atom. The molecule has 0 rings (SSSR count). The third-order valence-corrected chi connectivity index (χ3v) is 2.51. The van der Waals surface area contributed by atoms with Crippen LogP contribution in [0.5, 0.6) is 0 Å². The van der Waals surface area contributed by atoms with Gasteiger partial charge in [-0.15, -0.1) is 0 Å². The lowest BCUT2D eigenvalue weighted by molar-refractivity contribution is -0.123. The van der Waals surface area contributed by atoms with Crippen LogP contribution in [0.15, 0.2) is 0 Å². The minimum Gasteiger partial charge on any atom is -0.387 e. The Balaban J connectivity index is 3.97. The van der Waals surface area contributed by atoms with E-state index >= 15 is 0 Å². The number of nitrogens with two attached hydrogens (primary N) is 1. The first-order valence-corrected chi connectivity index (χ1v) is 6.19. The predicted octanol–water partition coefficient (Wildman–Crippen LogP) is -0.0673. The normalized spacial score (nSPS) is 16.6. The van der Waals surface area contributed by atoms with Gasteiger partial charge in [0.1, 0.15) is 0 Å². The Morgan fingerprint density at radius 1 is 1.53 bits per heavy atom. The minimum atomic E-state index is -0.927. The molecule has 0 fully saturated rings. The molecule has 17 heavy (non-hydrogen) atoms. The zero-order valence-electron chi connectivity index (χ0n) is 11.5. The molecule has 0 bridgehead atoms. The van der Waals surface area contributed by atoms with Crippen LogP contribution in [0, 0.1) is 0 Å². The number of rotatable bonds is 8. The first-order valence-electron chi connectivity index (χ1n) is 6.19. The van der Waals surface area contributed by atoms with Crippen molar-refractivity contribution in [2.75, 3.05) is 27.2 Å². The van der Waals surface area contributed by atoms with Gasteiger partial charge in [0.05, 0.1) is 11.6 Å². The number of amides is 1. The summed E-state index contributed by atoms with van der Waals surface area (Å²) in [6.07, 6.45) is 2.67. The molecule has 0 radical (unpaired) electrons. The van der Waals surface area contributed by atoms with Gasteiger partial charge in [0.15, 0.2) is 0 Å². The molecule has 2 unspecified atom stereocenters. The zero-order chi connectivity index (χ0) is 13.5. The standard InChI is InChI=1S/C12H27N3O2/c1-5-6-7-10(13)11(16)14-8-12(2,17)9-15(3)4/h10,17H,5-9,13H2,1-4H3,(H,14,16). The highest BCUT2D eigenvalue weighted by Gasteiger charge is 2.23. The Hall–Kier alpha value is -0.650. The van der Waals surface area contributed by atoms with Gasteiger partial charge in [-0.1, -0.05) is 19.8 Å². The molecular formula is C12H27N3O2. The molecule has 0 spiro atoms. The maximum Gasteiger partial charge on any atom is 0.237 e. The monoisotopic (exact) mass is 245 g/mol. The molecule has 0 aromatic heterocycles. The van der Waals surface area contributed by atoms with Gasteiger partial charge >= 0.3 is 0 Å². The van der Waals surface area contributed by atoms with Crippen molar-refractivity contribution in [1.29, 1.82) is 0 Å². The Kier molecular flexibility index (Phi) is 7.34. The quantitative estimate of drug-likeness (QED) is 0.559. The van der Waals surface area contributed by atoms with Crippen molar-refractivity contribution >= 4 is 5.91 Å². The molecule has 0 aliphatic rings. The Bertz CT molecular complexity index is 230. The Labute approximate surface area is 104 Å². The molecular weight excluding hydrogens is 218 g/mol. The minimum absolute atomic E-state index is 0.183. The molecule has 1 amide bonds. The highest BCUT2D eigenvalue weighted by molar-refractivity contribution is 5.81.